The Bertz CT molecular complexity index is 3740. The molecule has 0 bridgehead atoms. The van der Waals surface area contributed by atoms with Gasteiger partial charge in [-0.05, 0) is 204 Å². The summed E-state index contributed by atoms with van der Waals surface area (Å²) >= 11 is 1.97. The van der Waals surface area contributed by atoms with Crippen LogP contribution in [0.25, 0.3) is 31.3 Å². The lowest BCUT2D eigenvalue weighted by atomic mass is 9.33. The molecule has 1 aromatic heterocycles. The summed E-state index contributed by atoms with van der Waals surface area (Å²) in [6.07, 6.45) is 7.07. The van der Waals surface area contributed by atoms with E-state index in [0.717, 1.165) is 0 Å². The van der Waals surface area contributed by atoms with E-state index >= 15 is 0 Å². The minimum Gasteiger partial charge on any atom is -0.311 e. The molecule has 3 heterocycles. The number of benzene rings is 7. The standard InChI is InChI=1S/C71H79BN2S/c1-42-34-49-52(70(13,14)32-30-67(49,7)8)40-56(42)74-59-36-44(43-20-18-17-19-21-43)35-58-63(59)72(54-26-27-60-62(64(54)74)47-24-22-45(65(2,3)4)37-61(47)75-60)55-39-51-53(71(15,16)33-31-69(51,11)12)41-57(55)73(58)46-23-25-48-50(38-46)68(9,10)29-28-66(48,5)6/h17-27,34-41H,28-33H2,1-16H3. The Morgan fingerprint density at radius 1 is 0.440 bits per heavy atom. The summed E-state index contributed by atoms with van der Waals surface area (Å²) in [4.78, 5) is 5.54. The third-order valence-electron chi connectivity index (χ3n) is 20.1. The third kappa shape index (κ3) is 7.22. The van der Waals surface area contributed by atoms with Gasteiger partial charge in [0.1, 0.15) is 0 Å². The number of rotatable bonds is 3. The molecule has 382 valence electrons. The third-order valence-corrected chi connectivity index (χ3v) is 21.2. The van der Waals surface area contributed by atoms with Crippen LogP contribution in [0.2, 0.25) is 0 Å². The molecule has 2 nitrogen and oxygen atoms in total. The van der Waals surface area contributed by atoms with Crippen molar-refractivity contribution < 1.29 is 0 Å². The summed E-state index contributed by atoms with van der Waals surface area (Å²) in [7, 11) is 0. The van der Waals surface area contributed by atoms with Crippen molar-refractivity contribution in [3.05, 3.63) is 160 Å². The van der Waals surface area contributed by atoms with Gasteiger partial charge in [0.15, 0.2) is 0 Å². The van der Waals surface area contributed by atoms with Crippen molar-refractivity contribution in [3.63, 3.8) is 0 Å². The van der Waals surface area contributed by atoms with Gasteiger partial charge in [0.2, 0.25) is 0 Å². The molecule has 0 atom stereocenters. The fourth-order valence-electron chi connectivity index (χ4n) is 14.9. The highest BCUT2D eigenvalue weighted by molar-refractivity contribution is 7.26. The number of hydrogen-bond acceptors (Lipinski definition) is 3. The molecule has 7 aromatic carbocycles. The van der Waals surface area contributed by atoms with Gasteiger partial charge >= 0.3 is 0 Å². The predicted molar refractivity (Wildman–Crippen MR) is 328 cm³/mol. The monoisotopic (exact) mass is 1000 g/mol. The van der Waals surface area contributed by atoms with Crippen LogP contribution < -0.4 is 26.2 Å². The molecule has 2 aliphatic heterocycles. The van der Waals surface area contributed by atoms with Gasteiger partial charge in [0, 0.05) is 48.6 Å². The summed E-state index contributed by atoms with van der Waals surface area (Å²) in [5, 5.41) is 2.74. The van der Waals surface area contributed by atoms with Gasteiger partial charge in [-0.1, -0.05) is 171 Å². The van der Waals surface area contributed by atoms with Gasteiger partial charge in [-0.15, -0.1) is 11.3 Å². The van der Waals surface area contributed by atoms with E-state index in [9.17, 15) is 0 Å². The lowest BCUT2D eigenvalue weighted by Crippen LogP contribution is -2.62. The quantitative estimate of drug-likeness (QED) is 0.163. The van der Waals surface area contributed by atoms with Gasteiger partial charge in [-0.25, -0.2) is 0 Å². The Hall–Kier alpha value is -5.58. The molecule has 8 aromatic rings. The van der Waals surface area contributed by atoms with Gasteiger partial charge in [-0.3, -0.25) is 0 Å². The second-order valence-corrected chi connectivity index (χ2v) is 30.1. The fourth-order valence-corrected chi connectivity index (χ4v) is 16.0. The van der Waals surface area contributed by atoms with Crippen LogP contribution in [-0.4, -0.2) is 6.71 Å². The maximum Gasteiger partial charge on any atom is 0.252 e. The average molecular weight is 1000 g/mol. The number of hydrogen-bond donors (Lipinski definition) is 0. The zero-order valence-electron chi connectivity index (χ0n) is 48.1. The first kappa shape index (κ1) is 49.0. The number of nitrogens with zero attached hydrogens (tertiary/aromatic N) is 2. The largest absolute Gasteiger partial charge is 0.311 e. The summed E-state index contributed by atoms with van der Waals surface area (Å²) in [6, 6.07) is 47.2. The molecule has 4 heteroatoms. The van der Waals surface area contributed by atoms with Crippen LogP contribution in [0.3, 0.4) is 0 Å². The fraction of sp³-hybridized carbons (Fsp3) is 0.408. The second-order valence-electron chi connectivity index (χ2n) is 29.0. The summed E-state index contributed by atoms with van der Waals surface area (Å²) in [6.45, 7) is 39.3. The van der Waals surface area contributed by atoms with Crippen molar-refractivity contribution >= 4 is 88.7 Å². The Morgan fingerprint density at radius 3 is 1.57 bits per heavy atom. The number of aryl methyl sites for hydroxylation is 1. The van der Waals surface area contributed by atoms with E-state index in [1.54, 1.807) is 0 Å². The predicted octanol–water partition coefficient (Wildman–Crippen LogP) is 18.5. The van der Waals surface area contributed by atoms with E-state index in [2.05, 4.69) is 236 Å². The number of fused-ring (bicyclic) bond motifs is 11. The highest BCUT2D eigenvalue weighted by Gasteiger charge is 2.49. The van der Waals surface area contributed by atoms with E-state index in [1.807, 2.05) is 11.3 Å². The Labute approximate surface area is 454 Å². The Balaban J connectivity index is 1.21. The van der Waals surface area contributed by atoms with Crippen LogP contribution in [0.1, 0.15) is 187 Å². The lowest BCUT2D eigenvalue weighted by molar-refractivity contribution is 0.332. The van der Waals surface area contributed by atoms with Crippen LogP contribution in [0.4, 0.5) is 34.1 Å². The van der Waals surface area contributed by atoms with Crippen LogP contribution in [0.15, 0.2) is 115 Å². The van der Waals surface area contributed by atoms with Crippen molar-refractivity contribution in [3.8, 4) is 11.1 Å². The highest BCUT2D eigenvalue weighted by Crippen LogP contribution is 2.56. The number of thiophene rings is 1. The zero-order valence-corrected chi connectivity index (χ0v) is 48.9. The zero-order chi connectivity index (χ0) is 52.9. The Morgan fingerprint density at radius 2 is 0.973 bits per heavy atom. The molecule has 75 heavy (non-hydrogen) atoms. The SMILES string of the molecule is Cc1cc2c(cc1N1c3cc(-c4ccccc4)cc4c3B(c3cc5c(cc3N4c3ccc4c(c3)C(C)(C)CCC4(C)C)C(C)(C)CCC5(C)C)c3ccc4sc5cc(C(C)(C)C)ccc5c4c31)C(C)(C)CCC2(C)C. The highest BCUT2D eigenvalue weighted by atomic mass is 32.1. The van der Waals surface area contributed by atoms with Gasteiger partial charge in [0.25, 0.3) is 6.71 Å². The molecule has 0 unspecified atom stereocenters. The van der Waals surface area contributed by atoms with Crippen LogP contribution in [-0.2, 0) is 37.9 Å². The van der Waals surface area contributed by atoms with Crippen molar-refractivity contribution in [2.45, 2.75) is 187 Å². The molecule has 0 saturated heterocycles. The normalized spacial score (nSPS) is 20.0. The molecule has 0 fully saturated rings. The smallest absolute Gasteiger partial charge is 0.252 e. The first-order valence-electron chi connectivity index (χ1n) is 28.5. The van der Waals surface area contributed by atoms with Gasteiger partial charge in [-0.2, -0.15) is 0 Å². The van der Waals surface area contributed by atoms with Gasteiger partial charge in [0.05, 0.1) is 5.69 Å². The lowest BCUT2D eigenvalue weighted by Gasteiger charge is -2.48. The average Bonchev–Trinajstić information content (AvgIpc) is 3.91. The second kappa shape index (κ2) is 15.8. The van der Waals surface area contributed by atoms with Gasteiger partial charge < -0.3 is 9.80 Å². The Kier molecular flexibility index (Phi) is 10.3. The molecule has 0 radical (unpaired) electrons. The minimum atomic E-state index is -0.00188. The molecule has 0 saturated carbocycles. The van der Waals surface area contributed by atoms with E-state index in [-0.39, 0.29) is 44.6 Å². The van der Waals surface area contributed by atoms with Crippen LogP contribution >= 0.6 is 11.3 Å². The molecule has 5 aliphatic rings. The molecular formula is C71H79BN2S. The van der Waals surface area contributed by atoms with E-state index < -0.39 is 0 Å². The summed E-state index contributed by atoms with van der Waals surface area (Å²) in [5.41, 5.74) is 26.7. The maximum absolute atomic E-state index is 2.80. The van der Waals surface area contributed by atoms with E-state index in [0.29, 0.717) is 0 Å². The summed E-state index contributed by atoms with van der Waals surface area (Å²) < 4.78 is 2.72. The van der Waals surface area contributed by atoms with Crippen LogP contribution in [0.5, 0.6) is 0 Å². The molecule has 3 aliphatic carbocycles. The molecule has 0 amide bonds. The summed E-state index contributed by atoms with van der Waals surface area (Å²) in [5.74, 6) is 0. The van der Waals surface area contributed by atoms with Crippen molar-refractivity contribution in [1.82, 2.24) is 0 Å². The topological polar surface area (TPSA) is 6.48 Å². The van der Waals surface area contributed by atoms with Crippen molar-refractivity contribution in [2.24, 2.45) is 0 Å². The van der Waals surface area contributed by atoms with Crippen molar-refractivity contribution in [1.29, 1.82) is 0 Å². The van der Waals surface area contributed by atoms with Crippen molar-refractivity contribution in [2.75, 3.05) is 9.80 Å². The first-order chi connectivity index (χ1) is 35.2. The molecular weight excluding hydrogens is 924 g/mol. The maximum atomic E-state index is 2.80. The number of anilines is 6. The molecule has 0 spiro atoms. The molecule has 13 rings (SSSR count). The first-order valence-corrected chi connectivity index (χ1v) is 29.3. The van der Waals surface area contributed by atoms with E-state index in [1.165, 1.54) is 165 Å². The van der Waals surface area contributed by atoms with E-state index in [4.69, 9.17) is 0 Å². The molecule has 0 N–H and O–H groups in total. The van der Waals surface area contributed by atoms with Crippen LogP contribution in [0, 0.1) is 6.92 Å². The minimum absolute atomic E-state index is 0.00188.